The molecule has 2 aromatic carbocycles. The first-order valence-electron chi connectivity index (χ1n) is 9.88. The topological polar surface area (TPSA) is 105 Å². The van der Waals surface area contributed by atoms with Gasteiger partial charge in [0.2, 0.25) is 5.95 Å². The number of likely N-dealkylation sites (N-methyl/N-ethyl adjacent to an activating group) is 1. The second kappa shape index (κ2) is 8.75. The summed E-state index contributed by atoms with van der Waals surface area (Å²) in [5, 5.41) is 5.78. The first kappa shape index (κ1) is 21.4. The molecule has 8 nitrogen and oxygen atoms in total. The predicted octanol–water partition coefficient (Wildman–Crippen LogP) is 3.34. The molecule has 0 atom stereocenters. The molecule has 166 valence electrons. The minimum Gasteiger partial charge on any atom is -0.495 e. The number of ether oxygens (including phenoxy) is 1. The summed E-state index contributed by atoms with van der Waals surface area (Å²) in [5.41, 5.74) is 8.32. The highest BCUT2D eigenvalue weighted by atomic mass is 19.1. The van der Waals surface area contributed by atoms with Crippen molar-refractivity contribution in [1.29, 1.82) is 0 Å². The number of primary amides is 1. The molecule has 0 fully saturated rings. The third-order valence-corrected chi connectivity index (χ3v) is 5.21. The number of benzene rings is 2. The van der Waals surface area contributed by atoms with Crippen molar-refractivity contribution in [2.24, 2.45) is 5.73 Å². The molecule has 4 rings (SSSR count). The van der Waals surface area contributed by atoms with Gasteiger partial charge in [0.15, 0.2) is 0 Å². The number of amides is 1. The summed E-state index contributed by atoms with van der Waals surface area (Å²) in [6.45, 7) is 1.77. The number of nitrogens with two attached hydrogens (primary N) is 1. The molecule has 4 N–H and O–H groups in total. The monoisotopic (exact) mass is 440 g/mol. The number of nitrogens with one attached hydrogen (secondary N) is 2. The smallest absolute Gasteiger partial charge is 0.254 e. The molecule has 0 saturated heterocycles. The van der Waals surface area contributed by atoms with Gasteiger partial charge in [0.05, 0.1) is 18.5 Å². The molecule has 0 radical (unpaired) electrons. The van der Waals surface area contributed by atoms with Crippen molar-refractivity contribution in [1.82, 2.24) is 14.9 Å². The van der Waals surface area contributed by atoms with E-state index < -0.39 is 17.5 Å². The SMILES string of the molecule is COc1cc2c(cc1Nc1ncc(C(N)=O)c(Nc3ccc(F)cc3F)n1)CN(C)CC2. The van der Waals surface area contributed by atoms with E-state index >= 15 is 0 Å². The molecule has 1 amide bonds. The van der Waals surface area contributed by atoms with E-state index in [1.165, 1.54) is 17.8 Å². The van der Waals surface area contributed by atoms with Crippen LogP contribution in [0.15, 0.2) is 36.5 Å². The van der Waals surface area contributed by atoms with Crippen molar-refractivity contribution < 1.29 is 18.3 Å². The Labute approximate surface area is 183 Å². The number of nitrogens with zero attached hydrogens (tertiary/aromatic N) is 3. The highest BCUT2D eigenvalue weighted by Crippen LogP contribution is 2.33. The van der Waals surface area contributed by atoms with Gasteiger partial charge < -0.3 is 26.0 Å². The van der Waals surface area contributed by atoms with E-state index in [9.17, 15) is 13.6 Å². The van der Waals surface area contributed by atoms with Gasteiger partial charge in [-0.25, -0.2) is 13.8 Å². The van der Waals surface area contributed by atoms with Gasteiger partial charge in [-0.05, 0) is 48.9 Å². The molecule has 1 aliphatic heterocycles. The number of carbonyl (C=O) groups is 1. The van der Waals surface area contributed by atoms with Crippen molar-refractivity contribution in [2.45, 2.75) is 13.0 Å². The van der Waals surface area contributed by atoms with Crippen molar-refractivity contribution in [2.75, 3.05) is 31.3 Å². The van der Waals surface area contributed by atoms with E-state index in [2.05, 4.69) is 32.5 Å². The maximum atomic E-state index is 14.1. The number of anilines is 4. The van der Waals surface area contributed by atoms with Gasteiger partial charge in [-0.1, -0.05) is 0 Å². The van der Waals surface area contributed by atoms with Crippen LogP contribution in [0.2, 0.25) is 0 Å². The standard InChI is InChI=1S/C22H22F2N6O2/c1-30-6-5-12-8-19(32-2)18(7-13(12)11-30)28-22-26-10-15(20(25)31)21(29-22)27-17-4-3-14(23)9-16(17)24/h3-4,7-10H,5-6,11H2,1-2H3,(H2,25,31)(H2,26,27,28,29). The number of hydrogen-bond donors (Lipinski definition) is 3. The van der Waals surface area contributed by atoms with Gasteiger partial charge in [-0.3, -0.25) is 4.79 Å². The Morgan fingerprint density at radius 1 is 1.16 bits per heavy atom. The lowest BCUT2D eigenvalue weighted by Crippen LogP contribution is -2.26. The van der Waals surface area contributed by atoms with Crippen LogP contribution in [0.5, 0.6) is 5.75 Å². The summed E-state index contributed by atoms with van der Waals surface area (Å²) in [6, 6.07) is 6.97. The van der Waals surface area contributed by atoms with Gasteiger partial charge >= 0.3 is 0 Å². The second-order valence-electron chi connectivity index (χ2n) is 7.50. The average Bonchev–Trinajstić information content (AvgIpc) is 2.75. The van der Waals surface area contributed by atoms with Crippen LogP contribution >= 0.6 is 0 Å². The zero-order valence-corrected chi connectivity index (χ0v) is 17.6. The number of fused-ring (bicyclic) bond motifs is 1. The summed E-state index contributed by atoms with van der Waals surface area (Å²) < 4.78 is 32.9. The molecule has 0 unspecified atom stereocenters. The molecule has 2 heterocycles. The Morgan fingerprint density at radius 2 is 1.97 bits per heavy atom. The van der Waals surface area contributed by atoms with Crippen molar-refractivity contribution in [3.8, 4) is 5.75 Å². The van der Waals surface area contributed by atoms with E-state index in [4.69, 9.17) is 10.5 Å². The Kier molecular flexibility index (Phi) is 5.87. The Bertz CT molecular complexity index is 1190. The van der Waals surface area contributed by atoms with Gasteiger partial charge in [-0.15, -0.1) is 0 Å². The molecule has 0 aliphatic carbocycles. The summed E-state index contributed by atoms with van der Waals surface area (Å²) in [5.74, 6) is -1.61. The number of carbonyl (C=O) groups excluding carboxylic acids is 1. The zero-order valence-electron chi connectivity index (χ0n) is 17.6. The van der Waals surface area contributed by atoms with Crippen molar-refractivity contribution in [3.63, 3.8) is 0 Å². The Hall–Kier alpha value is -3.79. The fourth-order valence-corrected chi connectivity index (χ4v) is 3.55. The normalized spacial score (nSPS) is 13.4. The maximum Gasteiger partial charge on any atom is 0.254 e. The third-order valence-electron chi connectivity index (χ3n) is 5.21. The lowest BCUT2D eigenvalue weighted by molar-refractivity contribution is 0.100. The molecule has 3 aromatic rings. The van der Waals surface area contributed by atoms with E-state index in [1.54, 1.807) is 7.11 Å². The van der Waals surface area contributed by atoms with Crippen molar-refractivity contribution >= 4 is 29.0 Å². The molecular formula is C22H22F2N6O2. The minimum atomic E-state index is -0.839. The van der Waals surface area contributed by atoms with E-state index in [0.29, 0.717) is 11.4 Å². The summed E-state index contributed by atoms with van der Waals surface area (Å²) >= 11 is 0. The predicted molar refractivity (Wildman–Crippen MR) is 117 cm³/mol. The highest BCUT2D eigenvalue weighted by Gasteiger charge is 2.19. The molecule has 0 saturated carbocycles. The molecule has 0 spiro atoms. The summed E-state index contributed by atoms with van der Waals surface area (Å²) in [6.07, 6.45) is 2.16. The number of methoxy groups -OCH3 is 1. The van der Waals surface area contributed by atoms with Crippen LogP contribution < -0.4 is 21.1 Å². The molecule has 1 aromatic heterocycles. The van der Waals surface area contributed by atoms with Crippen LogP contribution in [-0.4, -0.2) is 41.5 Å². The average molecular weight is 440 g/mol. The largest absolute Gasteiger partial charge is 0.495 e. The minimum absolute atomic E-state index is 0.0165. The van der Waals surface area contributed by atoms with E-state index in [1.807, 2.05) is 12.1 Å². The highest BCUT2D eigenvalue weighted by molar-refractivity contribution is 5.98. The zero-order chi connectivity index (χ0) is 22.8. The van der Waals surface area contributed by atoms with Crippen LogP contribution in [-0.2, 0) is 13.0 Å². The van der Waals surface area contributed by atoms with Crippen LogP contribution in [0.1, 0.15) is 21.5 Å². The van der Waals surface area contributed by atoms with Gasteiger partial charge in [0.1, 0.15) is 28.8 Å². The number of rotatable bonds is 6. The summed E-state index contributed by atoms with van der Waals surface area (Å²) in [7, 11) is 3.63. The summed E-state index contributed by atoms with van der Waals surface area (Å²) in [4.78, 5) is 22.5. The van der Waals surface area contributed by atoms with Crippen LogP contribution in [0.25, 0.3) is 0 Å². The number of hydrogen-bond acceptors (Lipinski definition) is 7. The molecular weight excluding hydrogens is 418 g/mol. The third kappa shape index (κ3) is 4.45. The number of aromatic nitrogens is 2. The lowest BCUT2D eigenvalue weighted by atomic mass is 9.99. The van der Waals surface area contributed by atoms with Crippen LogP contribution in [0.4, 0.5) is 31.9 Å². The molecule has 32 heavy (non-hydrogen) atoms. The van der Waals surface area contributed by atoms with Crippen LogP contribution in [0.3, 0.4) is 0 Å². The fraction of sp³-hybridized carbons (Fsp3) is 0.227. The molecule has 0 bridgehead atoms. The van der Waals surface area contributed by atoms with Gasteiger partial charge in [0.25, 0.3) is 5.91 Å². The first-order chi connectivity index (χ1) is 15.3. The first-order valence-corrected chi connectivity index (χ1v) is 9.88. The number of halogens is 2. The van der Waals surface area contributed by atoms with Gasteiger partial charge in [0, 0.05) is 25.4 Å². The maximum absolute atomic E-state index is 14.1. The van der Waals surface area contributed by atoms with Gasteiger partial charge in [-0.2, -0.15) is 4.98 Å². The van der Waals surface area contributed by atoms with Crippen molar-refractivity contribution in [3.05, 3.63) is 64.9 Å². The Morgan fingerprint density at radius 3 is 2.69 bits per heavy atom. The lowest BCUT2D eigenvalue weighted by Gasteiger charge is -2.26. The van der Waals surface area contributed by atoms with E-state index in [0.717, 1.165) is 37.2 Å². The Balaban J connectivity index is 1.68. The second-order valence-corrected chi connectivity index (χ2v) is 7.50. The van der Waals surface area contributed by atoms with Crippen LogP contribution in [0, 0.1) is 11.6 Å². The van der Waals surface area contributed by atoms with E-state index in [-0.39, 0.29) is 23.0 Å². The quantitative estimate of drug-likeness (QED) is 0.540. The fourth-order valence-electron chi connectivity index (χ4n) is 3.55. The molecule has 1 aliphatic rings. The molecule has 10 heteroatoms.